The van der Waals surface area contributed by atoms with E-state index in [-0.39, 0.29) is 0 Å². The third-order valence-corrected chi connectivity index (χ3v) is 6.03. The molecule has 0 aliphatic rings. The van der Waals surface area contributed by atoms with E-state index >= 15 is 0 Å². The Bertz CT molecular complexity index is 739. The van der Waals surface area contributed by atoms with Crippen molar-refractivity contribution in [3.8, 4) is 11.8 Å². The molecule has 0 fully saturated rings. The molecule has 2 N–H and O–H groups in total. The molecule has 2 rings (SSSR count). The van der Waals surface area contributed by atoms with Crippen LogP contribution in [0.4, 0.5) is 0 Å². The van der Waals surface area contributed by atoms with Crippen LogP contribution >= 0.6 is 11.3 Å². The molecule has 4 nitrogen and oxygen atoms in total. The van der Waals surface area contributed by atoms with E-state index in [1.54, 1.807) is 24.6 Å². The summed E-state index contributed by atoms with van der Waals surface area (Å²) in [5.74, 6) is 5.71. The van der Waals surface area contributed by atoms with E-state index < -0.39 is 10.0 Å². The molecule has 1 aromatic heterocycles. The minimum Gasteiger partial charge on any atom is -0.320 e. The Morgan fingerprint density at radius 3 is 2.52 bits per heavy atom. The molecule has 0 spiro atoms. The van der Waals surface area contributed by atoms with E-state index in [1.807, 2.05) is 24.3 Å². The summed E-state index contributed by atoms with van der Waals surface area (Å²) in [5, 5.41) is 1.76. The van der Waals surface area contributed by atoms with Crippen molar-refractivity contribution in [2.75, 3.05) is 13.6 Å². The molecule has 0 aliphatic carbocycles. The van der Waals surface area contributed by atoms with E-state index in [0.717, 1.165) is 11.1 Å². The highest BCUT2D eigenvalue weighted by molar-refractivity contribution is 7.91. The molecule has 1 aromatic carbocycles. The minimum atomic E-state index is -3.41. The quantitative estimate of drug-likeness (QED) is 0.875. The minimum absolute atomic E-state index is 0.323. The van der Waals surface area contributed by atoms with Crippen molar-refractivity contribution >= 4 is 21.4 Å². The molecule has 0 radical (unpaired) electrons. The molecule has 110 valence electrons. The largest absolute Gasteiger partial charge is 0.320 e. The normalized spacial score (nSPS) is 11.2. The van der Waals surface area contributed by atoms with Crippen molar-refractivity contribution in [3.05, 3.63) is 52.9 Å². The number of rotatable bonds is 4. The Hall–Kier alpha value is -1.65. The fourth-order valence-corrected chi connectivity index (χ4v) is 4.11. The third kappa shape index (κ3) is 3.93. The van der Waals surface area contributed by atoms with Gasteiger partial charge < -0.3 is 5.73 Å². The van der Waals surface area contributed by atoms with Crippen LogP contribution in [-0.4, -0.2) is 26.3 Å². The Balaban J connectivity index is 2.11. The van der Waals surface area contributed by atoms with E-state index in [9.17, 15) is 8.42 Å². The molecule has 21 heavy (non-hydrogen) atoms. The lowest BCUT2D eigenvalue weighted by Crippen LogP contribution is -2.25. The predicted molar refractivity (Wildman–Crippen MR) is 85.3 cm³/mol. The second-order valence-corrected chi connectivity index (χ2v) is 7.62. The van der Waals surface area contributed by atoms with Crippen LogP contribution in [0.25, 0.3) is 0 Å². The first-order valence-corrected chi connectivity index (χ1v) is 8.64. The molecule has 6 heteroatoms. The first kappa shape index (κ1) is 15.7. The highest BCUT2D eigenvalue weighted by Gasteiger charge is 2.21. The SMILES string of the molecule is CN(Cc1ccc(C#CCN)cc1)S(=O)(=O)c1cccs1. The van der Waals surface area contributed by atoms with Gasteiger partial charge in [0.15, 0.2) is 0 Å². The summed E-state index contributed by atoms with van der Waals surface area (Å²) in [6.45, 7) is 0.647. The monoisotopic (exact) mass is 320 g/mol. The molecule has 1 heterocycles. The van der Waals surface area contributed by atoms with Gasteiger partial charge in [0.25, 0.3) is 10.0 Å². The molecule has 0 unspecified atom stereocenters. The van der Waals surface area contributed by atoms with Gasteiger partial charge in [0.1, 0.15) is 4.21 Å². The number of thiophene rings is 1. The highest BCUT2D eigenvalue weighted by Crippen LogP contribution is 2.21. The summed E-state index contributed by atoms with van der Waals surface area (Å²) in [6, 6.07) is 10.8. The Morgan fingerprint density at radius 1 is 1.24 bits per heavy atom. The van der Waals surface area contributed by atoms with Gasteiger partial charge in [-0.25, -0.2) is 8.42 Å². The van der Waals surface area contributed by atoms with E-state index in [0.29, 0.717) is 17.3 Å². The van der Waals surface area contributed by atoms with E-state index in [1.165, 1.54) is 15.6 Å². The number of hydrogen-bond acceptors (Lipinski definition) is 4. The predicted octanol–water partition coefficient (Wildman–Crippen LogP) is 1.88. The molecule has 0 atom stereocenters. The van der Waals surface area contributed by atoms with Crippen molar-refractivity contribution in [2.24, 2.45) is 5.73 Å². The van der Waals surface area contributed by atoms with Gasteiger partial charge in [0.05, 0.1) is 6.54 Å². The summed E-state index contributed by atoms with van der Waals surface area (Å²) in [4.78, 5) is 0. The Morgan fingerprint density at radius 2 is 1.95 bits per heavy atom. The summed E-state index contributed by atoms with van der Waals surface area (Å²) < 4.78 is 26.3. The lowest BCUT2D eigenvalue weighted by molar-refractivity contribution is 0.468. The Labute approximate surface area is 129 Å². The number of hydrogen-bond donors (Lipinski definition) is 1. The summed E-state index contributed by atoms with van der Waals surface area (Å²) in [6.07, 6.45) is 0. The van der Waals surface area contributed by atoms with Crippen LogP contribution in [0.3, 0.4) is 0 Å². The van der Waals surface area contributed by atoms with E-state index in [2.05, 4.69) is 11.8 Å². The van der Waals surface area contributed by atoms with Crippen molar-refractivity contribution < 1.29 is 8.42 Å². The van der Waals surface area contributed by atoms with Crippen LogP contribution in [0.2, 0.25) is 0 Å². The average Bonchev–Trinajstić information content (AvgIpc) is 3.01. The standard InChI is InChI=1S/C15H16N2O2S2/c1-17(21(18,19)15-5-3-11-20-15)12-14-8-6-13(7-9-14)4-2-10-16/h3,5-9,11H,10,12,16H2,1H3. The molecule has 0 amide bonds. The van der Waals surface area contributed by atoms with Crippen LogP contribution in [0.5, 0.6) is 0 Å². The van der Waals surface area contributed by atoms with Crippen LogP contribution in [0, 0.1) is 11.8 Å². The van der Waals surface area contributed by atoms with Crippen LogP contribution in [0.15, 0.2) is 46.0 Å². The summed E-state index contributed by atoms with van der Waals surface area (Å²) >= 11 is 1.22. The second-order valence-electron chi connectivity index (χ2n) is 4.40. The van der Waals surface area contributed by atoms with Crippen LogP contribution in [-0.2, 0) is 16.6 Å². The van der Waals surface area contributed by atoms with E-state index in [4.69, 9.17) is 5.73 Å². The van der Waals surface area contributed by atoms with Gasteiger partial charge in [-0.2, -0.15) is 4.31 Å². The molecule has 0 saturated heterocycles. The molecule has 2 aromatic rings. The smallest absolute Gasteiger partial charge is 0.252 e. The van der Waals surface area contributed by atoms with Crippen molar-refractivity contribution in [1.29, 1.82) is 0 Å². The zero-order valence-corrected chi connectivity index (χ0v) is 13.2. The van der Waals surface area contributed by atoms with Gasteiger partial charge in [-0.1, -0.05) is 30.0 Å². The third-order valence-electron chi connectivity index (χ3n) is 2.85. The molecule has 0 aliphatic heterocycles. The van der Waals surface area contributed by atoms with Gasteiger partial charge in [-0.3, -0.25) is 0 Å². The fraction of sp³-hybridized carbons (Fsp3) is 0.200. The first-order valence-electron chi connectivity index (χ1n) is 6.32. The maximum absolute atomic E-state index is 12.3. The second kappa shape index (κ2) is 6.87. The summed E-state index contributed by atoms with van der Waals surface area (Å²) in [7, 11) is -1.83. The lowest BCUT2D eigenvalue weighted by atomic mass is 10.1. The topological polar surface area (TPSA) is 63.4 Å². The maximum atomic E-state index is 12.3. The van der Waals surface area contributed by atoms with Gasteiger partial charge in [-0.05, 0) is 29.1 Å². The zero-order chi connectivity index (χ0) is 15.3. The number of benzene rings is 1. The first-order chi connectivity index (χ1) is 10.0. The van der Waals surface area contributed by atoms with Gasteiger partial charge >= 0.3 is 0 Å². The maximum Gasteiger partial charge on any atom is 0.252 e. The molecular formula is C15H16N2O2S2. The number of nitrogens with two attached hydrogens (primary N) is 1. The van der Waals surface area contributed by atoms with Crippen molar-refractivity contribution in [2.45, 2.75) is 10.8 Å². The van der Waals surface area contributed by atoms with Crippen molar-refractivity contribution in [3.63, 3.8) is 0 Å². The molecular weight excluding hydrogens is 304 g/mol. The molecule has 0 saturated carbocycles. The summed E-state index contributed by atoms with van der Waals surface area (Å²) in [5.41, 5.74) is 7.10. The number of sulfonamides is 1. The van der Waals surface area contributed by atoms with Crippen LogP contribution < -0.4 is 5.73 Å². The molecule has 0 bridgehead atoms. The fourth-order valence-electron chi connectivity index (χ4n) is 1.75. The van der Waals surface area contributed by atoms with Crippen molar-refractivity contribution in [1.82, 2.24) is 4.31 Å². The van der Waals surface area contributed by atoms with Gasteiger partial charge in [0, 0.05) is 19.2 Å². The highest BCUT2D eigenvalue weighted by atomic mass is 32.2. The number of nitrogens with zero attached hydrogens (tertiary/aromatic N) is 1. The van der Waals surface area contributed by atoms with Crippen LogP contribution in [0.1, 0.15) is 11.1 Å². The van der Waals surface area contributed by atoms with Gasteiger partial charge in [-0.15, -0.1) is 11.3 Å². The zero-order valence-electron chi connectivity index (χ0n) is 11.6. The van der Waals surface area contributed by atoms with Gasteiger partial charge in [0.2, 0.25) is 0 Å². The Kier molecular flexibility index (Phi) is 5.15. The average molecular weight is 320 g/mol. The lowest BCUT2D eigenvalue weighted by Gasteiger charge is -2.16.